The summed E-state index contributed by atoms with van der Waals surface area (Å²) in [6, 6.07) is 10.9. The number of hydrogen-bond acceptors (Lipinski definition) is 4. The normalized spacial score (nSPS) is 10.0. The minimum Gasteiger partial charge on any atom is -0.496 e. The van der Waals surface area contributed by atoms with Crippen LogP contribution < -0.4 is 4.74 Å². The Labute approximate surface area is 112 Å². The summed E-state index contributed by atoms with van der Waals surface area (Å²) in [5, 5.41) is 0. The van der Waals surface area contributed by atoms with Crippen LogP contribution in [0.15, 0.2) is 42.6 Å². The lowest BCUT2D eigenvalue weighted by Gasteiger charge is -2.08. The number of esters is 1. The summed E-state index contributed by atoms with van der Waals surface area (Å²) in [4.78, 5) is 16.0. The largest absolute Gasteiger partial charge is 0.496 e. The Morgan fingerprint density at radius 1 is 1.26 bits per heavy atom. The molecule has 0 aliphatic heterocycles. The van der Waals surface area contributed by atoms with Gasteiger partial charge in [0.25, 0.3) is 0 Å². The monoisotopic (exact) mass is 257 g/mol. The van der Waals surface area contributed by atoms with Crippen LogP contribution in [0, 0.1) is 0 Å². The van der Waals surface area contributed by atoms with Gasteiger partial charge in [0, 0.05) is 11.8 Å². The molecule has 0 spiro atoms. The molecular weight excluding hydrogens is 242 g/mol. The topological polar surface area (TPSA) is 48.4 Å². The first-order chi connectivity index (χ1) is 9.26. The standard InChI is InChI=1S/C15H15NO3/c1-3-19-15(17)11-8-9-16-13(10-11)12-6-4-5-7-14(12)18-2/h4-10H,3H2,1-2H3. The summed E-state index contributed by atoms with van der Waals surface area (Å²) in [7, 11) is 1.61. The number of aromatic nitrogens is 1. The van der Waals surface area contributed by atoms with Gasteiger partial charge < -0.3 is 9.47 Å². The van der Waals surface area contributed by atoms with Crippen LogP contribution in [-0.4, -0.2) is 24.7 Å². The van der Waals surface area contributed by atoms with Gasteiger partial charge in [0.05, 0.1) is 25.0 Å². The second kappa shape index (κ2) is 6.00. The Balaban J connectivity index is 2.40. The van der Waals surface area contributed by atoms with Gasteiger partial charge in [0.15, 0.2) is 0 Å². The molecule has 1 heterocycles. The van der Waals surface area contributed by atoms with Crippen LogP contribution in [0.2, 0.25) is 0 Å². The van der Waals surface area contributed by atoms with Crippen molar-refractivity contribution in [2.75, 3.05) is 13.7 Å². The van der Waals surface area contributed by atoms with Crippen LogP contribution in [0.1, 0.15) is 17.3 Å². The molecule has 1 aromatic carbocycles. The number of rotatable bonds is 4. The molecule has 2 rings (SSSR count). The van der Waals surface area contributed by atoms with Crippen molar-refractivity contribution in [2.24, 2.45) is 0 Å². The fourth-order valence-corrected chi connectivity index (χ4v) is 1.78. The van der Waals surface area contributed by atoms with E-state index in [1.807, 2.05) is 24.3 Å². The minimum atomic E-state index is -0.346. The molecule has 19 heavy (non-hydrogen) atoms. The number of methoxy groups -OCH3 is 1. The maximum Gasteiger partial charge on any atom is 0.338 e. The average Bonchev–Trinajstić information content (AvgIpc) is 2.47. The Hall–Kier alpha value is -2.36. The first-order valence-corrected chi connectivity index (χ1v) is 6.02. The molecule has 0 amide bonds. The van der Waals surface area contributed by atoms with Gasteiger partial charge in [-0.15, -0.1) is 0 Å². The van der Waals surface area contributed by atoms with E-state index in [4.69, 9.17) is 9.47 Å². The molecule has 0 saturated heterocycles. The molecule has 0 N–H and O–H groups in total. The van der Waals surface area contributed by atoms with E-state index in [-0.39, 0.29) is 5.97 Å². The zero-order chi connectivity index (χ0) is 13.7. The summed E-state index contributed by atoms with van der Waals surface area (Å²) in [5.41, 5.74) is 2.01. The highest BCUT2D eigenvalue weighted by Crippen LogP contribution is 2.28. The Kier molecular flexibility index (Phi) is 4.13. The quantitative estimate of drug-likeness (QED) is 0.790. The number of para-hydroxylation sites is 1. The molecular formula is C15H15NO3. The van der Waals surface area contributed by atoms with E-state index in [0.717, 1.165) is 11.3 Å². The zero-order valence-corrected chi connectivity index (χ0v) is 10.9. The number of hydrogen-bond donors (Lipinski definition) is 0. The number of benzene rings is 1. The predicted molar refractivity (Wildman–Crippen MR) is 72.2 cm³/mol. The van der Waals surface area contributed by atoms with Crippen LogP contribution in [-0.2, 0) is 4.74 Å². The molecule has 0 aliphatic rings. The smallest absolute Gasteiger partial charge is 0.338 e. The highest BCUT2D eigenvalue weighted by Gasteiger charge is 2.11. The van der Waals surface area contributed by atoms with Crippen molar-refractivity contribution in [1.82, 2.24) is 4.98 Å². The number of nitrogens with zero attached hydrogens (tertiary/aromatic N) is 1. The molecule has 4 nitrogen and oxygen atoms in total. The molecule has 0 unspecified atom stereocenters. The van der Waals surface area contributed by atoms with Crippen molar-refractivity contribution in [2.45, 2.75) is 6.92 Å². The van der Waals surface area contributed by atoms with E-state index in [2.05, 4.69) is 4.98 Å². The van der Waals surface area contributed by atoms with E-state index >= 15 is 0 Å². The van der Waals surface area contributed by atoms with Gasteiger partial charge in [-0.25, -0.2) is 4.79 Å². The highest BCUT2D eigenvalue weighted by molar-refractivity contribution is 5.90. The van der Waals surface area contributed by atoms with Crippen LogP contribution in [0.4, 0.5) is 0 Å². The lowest BCUT2D eigenvalue weighted by Crippen LogP contribution is -2.05. The fourth-order valence-electron chi connectivity index (χ4n) is 1.78. The Morgan fingerprint density at radius 2 is 2.05 bits per heavy atom. The predicted octanol–water partition coefficient (Wildman–Crippen LogP) is 2.93. The van der Waals surface area contributed by atoms with Crippen LogP contribution in [0.5, 0.6) is 5.75 Å². The van der Waals surface area contributed by atoms with E-state index in [0.29, 0.717) is 17.9 Å². The van der Waals surface area contributed by atoms with Gasteiger partial charge in [-0.1, -0.05) is 12.1 Å². The van der Waals surface area contributed by atoms with Crippen LogP contribution in [0.3, 0.4) is 0 Å². The maximum absolute atomic E-state index is 11.7. The van der Waals surface area contributed by atoms with Crippen molar-refractivity contribution in [1.29, 1.82) is 0 Å². The molecule has 0 aliphatic carbocycles. The third kappa shape index (κ3) is 2.91. The van der Waals surface area contributed by atoms with Crippen LogP contribution >= 0.6 is 0 Å². The molecule has 1 aromatic heterocycles. The van der Waals surface area contributed by atoms with Crippen molar-refractivity contribution < 1.29 is 14.3 Å². The van der Waals surface area contributed by atoms with E-state index in [1.165, 1.54) is 0 Å². The van der Waals surface area contributed by atoms with Crippen LogP contribution in [0.25, 0.3) is 11.3 Å². The van der Waals surface area contributed by atoms with Gasteiger partial charge in [0.1, 0.15) is 5.75 Å². The molecule has 2 aromatic rings. The zero-order valence-electron chi connectivity index (χ0n) is 10.9. The van der Waals surface area contributed by atoms with Crippen molar-refractivity contribution in [3.63, 3.8) is 0 Å². The minimum absolute atomic E-state index is 0.346. The molecule has 98 valence electrons. The van der Waals surface area contributed by atoms with E-state index < -0.39 is 0 Å². The second-order valence-electron chi connectivity index (χ2n) is 3.85. The first-order valence-electron chi connectivity index (χ1n) is 6.02. The molecule has 0 radical (unpaired) electrons. The van der Waals surface area contributed by atoms with Crippen molar-refractivity contribution in [3.05, 3.63) is 48.2 Å². The number of pyridine rings is 1. The first kappa shape index (κ1) is 13.1. The SMILES string of the molecule is CCOC(=O)c1ccnc(-c2ccccc2OC)c1. The summed E-state index contributed by atoms with van der Waals surface area (Å²) in [6.07, 6.45) is 1.59. The number of ether oxygens (including phenoxy) is 2. The Bertz CT molecular complexity index is 581. The fraction of sp³-hybridized carbons (Fsp3) is 0.200. The van der Waals surface area contributed by atoms with Crippen molar-refractivity contribution >= 4 is 5.97 Å². The third-order valence-electron chi connectivity index (χ3n) is 2.65. The van der Waals surface area contributed by atoms with Gasteiger partial charge in [-0.05, 0) is 31.2 Å². The lowest BCUT2D eigenvalue weighted by molar-refractivity contribution is 0.0526. The lowest BCUT2D eigenvalue weighted by atomic mass is 10.1. The summed E-state index contributed by atoms with van der Waals surface area (Å²) in [5.74, 6) is 0.372. The molecule has 0 atom stereocenters. The van der Waals surface area contributed by atoms with E-state index in [9.17, 15) is 4.79 Å². The van der Waals surface area contributed by atoms with Crippen molar-refractivity contribution in [3.8, 4) is 17.0 Å². The van der Waals surface area contributed by atoms with Gasteiger partial charge in [0.2, 0.25) is 0 Å². The average molecular weight is 257 g/mol. The highest BCUT2D eigenvalue weighted by atomic mass is 16.5. The van der Waals surface area contributed by atoms with Gasteiger partial charge in [-0.2, -0.15) is 0 Å². The van der Waals surface area contributed by atoms with E-state index in [1.54, 1.807) is 32.4 Å². The number of carbonyl (C=O) groups excluding carboxylic acids is 1. The summed E-state index contributed by atoms with van der Waals surface area (Å²) in [6.45, 7) is 2.13. The molecule has 0 saturated carbocycles. The second-order valence-corrected chi connectivity index (χ2v) is 3.85. The summed E-state index contributed by atoms with van der Waals surface area (Å²) < 4.78 is 10.3. The van der Waals surface area contributed by atoms with Gasteiger partial charge >= 0.3 is 5.97 Å². The molecule has 0 fully saturated rings. The maximum atomic E-state index is 11.7. The third-order valence-corrected chi connectivity index (χ3v) is 2.65. The van der Waals surface area contributed by atoms with Gasteiger partial charge in [-0.3, -0.25) is 4.98 Å². The Morgan fingerprint density at radius 3 is 2.79 bits per heavy atom. The molecule has 4 heteroatoms. The summed E-state index contributed by atoms with van der Waals surface area (Å²) >= 11 is 0. The number of carbonyl (C=O) groups is 1. The molecule has 0 bridgehead atoms.